The third-order valence-electron chi connectivity index (χ3n) is 2.75. The van der Waals surface area contributed by atoms with Crippen LogP contribution >= 0.6 is 11.3 Å². The maximum Gasteiger partial charge on any atom is 0.257 e. The van der Waals surface area contributed by atoms with Gasteiger partial charge in [0.1, 0.15) is 0 Å². The van der Waals surface area contributed by atoms with Gasteiger partial charge in [-0.1, -0.05) is 5.21 Å². The first kappa shape index (κ1) is 12.5. The van der Waals surface area contributed by atoms with Crippen LogP contribution in [0.3, 0.4) is 0 Å². The SMILES string of the molecule is Cc1cnnn1-c1ccc(C(=O)Nc2nccs2)cc1. The van der Waals surface area contributed by atoms with Gasteiger partial charge in [-0.05, 0) is 31.2 Å². The van der Waals surface area contributed by atoms with Crippen molar-refractivity contribution in [2.24, 2.45) is 0 Å². The Balaban J connectivity index is 1.79. The standard InChI is InChI=1S/C13H11N5OS/c1-9-8-15-17-18(9)11-4-2-10(3-5-11)12(19)16-13-14-6-7-20-13/h2-8H,1H3,(H,14,16,19). The molecule has 0 unspecified atom stereocenters. The lowest BCUT2D eigenvalue weighted by molar-refractivity contribution is 0.102. The highest BCUT2D eigenvalue weighted by atomic mass is 32.1. The lowest BCUT2D eigenvalue weighted by Crippen LogP contribution is -2.11. The highest BCUT2D eigenvalue weighted by Crippen LogP contribution is 2.14. The van der Waals surface area contributed by atoms with Gasteiger partial charge in [0.2, 0.25) is 0 Å². The molecule has 0 bridgehead atoms. The van der Waals surface area contributed by atoms with Crippen LogP contribution in [0.25, 0.3) is 5.69 Å². The minimum Gasteiger partial charge on any atom is -0.298 e. The molecule has 6 nitrogen and oxygen atoms in total. The van der Waals surface area contributed by atoms with Gasteiger partial charge in [0.25, 0.3) is 5.91 Å². The van der Waals surface area contributed by atoms with E-state index in [4.69, 9.17) is 0 Å². The summed E-state index contributed by atoms with van der Waals surface area (Å²) >= 11 is 1.38. The Morgan fingerprint density at radius 3 is 2.70 bits per heavy atom. The molecular formula is C13H11N5OS. The summed E-state index contributed by atoms with van der Waals surface area (Å²) in [6, 6.07) is 7.16. The second-order valence-corrected chi connectivity index (χ2v) is 5.02. The number of carbonyl (C=O) groups excluding carboxylic acids is 1. The van der Waals surface area contributed by atoms with Crippen LogP contribution in [0.2, 0.25) is 0 Å². The van der Waals surface area contributed by atoms with Crippen LogP contribution in [0, 0.1) is 6.92 Å². The average Bonchev–Trinajstić information content (AvgIpc) is 3.10. The van der Waals surface area contributed by atoms with Crippen molar-refractivity contribution in [2.45, 2.75) is 6.92 Å². The predicted molar refractivity (Wildman–Crippen MR) is 76.2 cm³/mol. The average molecular weight is 285 g/mol. The van der Waals surface area contributed by atoms with Gasteiger partial charge in [0.05, 0.1) is 17.6 Å². The molecule has 0 radical (unpaired) electrons. The molecule has 3 rings (SSSR count). The summed E-state index contributed by atoms with van der Waals surface area (Å²) in [5, 5.41) is 12.9. The van der Waals surface area contributed by atoms with E-state index in [9.17, 15) is 4.79 Å². The molecule has 1 amide bonds. The van der Waals surface area contributed by atoms with E-state index in [1.54, 1.807) is 29.2 Å². The van der Waals surface area contributed by atoms with E-state index in [0.29, 0.717) is 10.7 Å². The van der Waals surface area contributed by atoms with Gasteiger partial charge >= 0.3 is 0 Å². The van der Waals surface area contributed by atoms with Crippen molar-refractivity contribution in [2.75, 3.05) is 5.32 Å². The Labute approximate surface area is 119 Å². The summed E-state index contributed by atoms with van der Waals surface area (Å²) in [6.45, 7) is 1.92. The third kappa shape index (κ3) is 2.43. The largest absolute Gasteiger partial charge is 0.298 e. The number of amides is 1. The van der Waals surface area contributed by atoms with Gasteiger partial charge < -0.3 is 0 Å². The van der Waals surface area contributed by atoms with Crippen LogP contribution in [0.15, 0.2) is 42.0 Å². The molecular weight excluding hydrogens is 274 g/mol. The maximum absolute atomic E-state index is 12.0. The molecule has 0 atom stereocenters. The number of carbonyl (C=O) groups is 1. The molecule has 20 heavy (non-hydrogen) atoms. The molecule has 0 spiro atoms. The molecule has 7 heteroatoms. The smallest absolute Gasteiger partial charge is 0.257 e. The van der Waals surface area contributed by atoms with Crippen molar-refractivity contribution in [1.29, 1.82) is 0 Å². The van der Waals surface area contributed by atoms with E-state index in [1.807, 2.05) is 24.4 Å². The maximum atomic E-state index is 12.0. The molecule has 2 aromatic heterocycles. The Morgan fingerprint density at radius 2 is 2.10 bits per heavy atom. The second-order valence-electron chi connectivity index (χ2n) is 4.13. The monoisotopic (exact) mass is 285 g/mol. The van der Waals surface area contributed by atoms with E-state index in [2.05, 4.69) is 20.6 Å². The first-order valence-electron chi connectivity index (χ1n) is 5.92. The van der Waals surface area contributed by atoms with Crippen molar-refractivity contribution >= 4 is 22.4 Å². The van der Waals surface area contributed by atoms with Gasteiger partial charge in [-0.15, -0.1) is 16.4 Å². The Morgan fingerprint density at radius 1 is 1.30 bits per heavy atom. The van der Waals surface area contributed by atoms with E-state index in [-0.39, 0.29) is 5.91 Å². The van der Waals surface area contributed by atoms with Crippen LogP contribution in [-0.4, -0.2) is 25.9 Å². The molecule has 3 aromatic rings. The van der Waals surface area contributed by atoms with Crippen LogP contribution in [0.4, 0.5) is 5.13 Å². The summed E-state index contributed by atoms with van der Waals surface area (Å²) in [5.74, 6) is -0.179. The fourth-order valence-corrected chi connectivity index (χ4v) is 2.27. The summed E-state index contributed by atoms with van der Waals surface area (Å²) < 4.78 is 1.71. The van der Waals surface area contributed by atoms with Crippen molar-refractivity contribution in [3.8, 4) is 5.69 Å². The van der Waals surface area contributed by atoms with Crippen molar-refractivity contribution < 1.29 is 4.79 Å². The van der Waals surface area contributed by atoms with Crippen molar-refractivity contribution in [3.05, 3.63) is 53.3 Å². The number of aromatic nitrogens is 4. The number of benzene rings is 1. The van der Waals surface area contributed by atoms with Gasteiger partial charge in [-0.2, -0.15) is 0 Å². The van der Waals surface area contributed by atoms with Crippen LogP contribution in [0.5, 0.6) is 0 Å². The van der Waals surface area contributed by atoms with Crippen molar-refractivity contribution in [1.82, 2.24) is 20.0 Å². The fourth-order valence-electron chi connectivity index (χ4n) is 1.75. The molecule has 0 saturated heterocycles. The number of hydrogen-bond donors (Lipinski definition) is 1. The molecule has 0 saturated carbocycles. The summed E-state index contributed by atoms with van der Waals surface area (Å²) in [7, 11) is 0. The Kier molecular flexibility index (Phi) is 3.26. The van der Waals surface area contributed by atoms with Gasteiger partial charge in [0, 0.05) is 17.1 Å². The highest BCUT2D eigenvalue weighted by molar-refractivity contribution is 7.13. The third-order valence-corrected chi connectivity index (χ3v) is 3.44. The summed E-state index contributed by atoms with van der Waals surface area (Å²) in [5.41, 5.74) is 2.37. The molecule has 0 aliphatic heterocycles. The normalized spacial score (nSPS) is 10.4. The molecule has 1 aromatic carbocycles. The number of nitrogens with zero attached hydrogens (tertiary/aromatic N) is 4. The lowest BCUT2D eigenvalue weighted by atomic mass is 10.2. The number of aryl methyl sites for hydroxylation is 1. The minimum absolute atomic E-state index is 0.179. The Hall–Kier alpha value is -2.54. The van der Waals surface area contributed by atoms with Crippen LogP contribution in [0.1, 0.15) is 16.1 Å². The Bertz CT molecular complexity index is 718. The zero-order chi connectivity index (χ0) is 13.9. The first-order chi connectivity index (χ1) is 9.74. The molecule has 0 aliphatic rings. The number of rotatable bonds is 3. The van der Waals surface area contributed by atoms with E-state index >= 15 is 0 Å². The predicted octanol–water partition coefficient (Wildman–Crippen LogP) is 2.28. The van der Waals surface area contributed by atoms with E-state index in [0.717, 1.165) is 11.4 Å². The van der Waals surface area contributed by atoms with Gasteiger partial charge in [-0.3, -0.25) is 10.1 Å². The number of anilines is 1. The summed E-state index contributed by atoms with van der Waals surface area (Å²) in [6.07, 6.45) is 3.33. The van der Waals surface area contributed by atoms with Gasteiger partial charge in [0.15, 0.2) is 5.13 Å². The number of nitrogens with one attached hydrogen (secondary N) is 1. The highest BCUT2D eigenvalue weighted by Gasteiger charge is 2.08. The molecule has 0 fully saturated rings. The number of hydrogen-bond acceptors (Lipinski definition) is 5. The second kappa shape index (κ2) is 5.22. The van der Waals surface area contributed by atoms with Crippen LogP contribution < -0.4 is 5.32 Å². The molecule has 100 valence electrons. The van der Waals surface area contributed by atoms with E-state index < -0.39 is 0 Å². The number of thiazole rings is 1. The minimum atomic E-state index is -0.179. The fraction of sp³-hybridized carbons (Fsp3) is 0.0769. The van der Waals surface area contributed by atoms with Crippen molar-refractivity contribution in [3.63, 3.8) is 0 Å². The molecule has 0 aliphatic carbocycles. The molecule has 2 heterocycles. The molecule has 1 N–H and O–H groups in total. The lowest BCUT2D eigenvalue weighted by Gasteiger charge is -2.05. The van der Waals surface area contributed by atoms with Crippen LogP contribution in [-0.2, 0) is 0 Å². The topological polar surface area (TPSA) is 72.7 Å². The first-order valence-corrected chi connectivity index (χ1v) is 6.80. The zero-order valence-electron chi connectivity index (χ0n) is 10.6. The van der Waals surface area contributed by atoms with Gasteiger partial charge in [-0.25, -0.2) is 9.67 Å². The zero-order valence-corrected chi connectivity index (χ0v) is 11.5. The quantitative estimate of drug-likeness (QED) is 0.801. The van der Waals surface area contributed by atoms with E-state index in [1.165, 1.54) is 11.3 Å². The summed E-state index contributed by atoms with van der Waals surface area (Å²) in [4.78, 5) is 16.0.